The maximum absolute atomic E-state index is 11.8. The number of benzene rings is 2. The van der Waals surface area contributed by atoms with Crippen molar-refractivity contribution in [3.63, 3.8) is 0 Å². The van der Waals surface area contributed by atoms with Gasteiger partial charge in [0, 0.05) is 15.8 Å². The third-order valence-corrected chi connectivity index (χ3v) is 5.85. The minimum atomic E-state index is -3.73. The van der Waals surface area contributed by atoms with E-state index in [1.807, 2.05) is 42.5 Å². The van der Waals surface area contributed by atoms with Gasteiger partial charge in [0.1, 0.15) is 19.0 Å². The van der Waals surface area contributed by atoms with E-state index in [0.29, 0.717) is 5.75 Å². The van der Waals surface area contributed by atoms with Gasteiger partial charge >= 0.3 is 5.97 Å². The van der Waals surface area contributed by atoms with Gasteiger partial charge in [0.15, 0.2) is 0 Å². The molecule has 0 radical (unpaired) electrons. The Morgan fingerprint density at radius 3 is 2.38 bits per heavy atom. The number of nitrogens with two attached hydrogens (primary N) is 1. The van der Waals surface area contributed by atoms with Crippen molar-refractivity contribution in [1.29, 1.82) is 0 Å². The van der Waals surface area contributed by atoms with Crippen molar-refractivity contribution in [2.45, 2.75) is 4.90 Å². The first-order valence-corrected chi connectivity index (χ1v) is 11.0. The van der Waals surface area contributed by atoms with E-state index >= 15 is 0 Å². The molecule has 0 aliphatic heterocycles. The lowest BCUT2D eigenvalue weighted by atomic mass is 10.2. The summed E-state index contributed by atoms with van der Waals surface area (Å²) in [6.07, 6.45) is 3.09. The number of carbonyl (C=O) groups excluding carboxylic acids is 1. The number of hydrogen-bond donors (Lipinski definition) is 1. The number of sulfonamides is 1. The minimum absolute atomic E-state index is 0.00501. The molecular formula is C21H19NO5S2. The van der Waals surface area contributed by atoms with E-state index in [4.69, 9.17) is 14.6 Å². The van der Waals surface area contributed by atoms with Gasteiger partial charge in [-0.25, -0.2) is 18.4 Å². The summed E-state index contributed by atoms with van der Waals surface area (Å²) in [7, 11) is -3.73. The molecule has 2 N–H and O–H groups in total. The average Bonchev–Trinajstić information content (AvgIpc) is 3.19. The third kappa shape index (κ3) is 6.28. The van der Waals surface area contributed by atoms with Crippen LogP contribution in [-0.4, -0.2) is 27.6 Å². The monoisotopic (exact) mass is 429 g/mol. The summed E-state index contributed by atoms with van der Waals surface area (Å²) < 4.78 is 32.9. The molecule has 0 amide bonds. The molecule has 0 bridgehead atoms. The molecular weight excluding hydrogens is 410 g/mol. The second-order valence-corrected chi connectivity index (χ2v) is 8.61. The first kappa shape index (κ1) is 20.8. The van der Waals surface area contributed by atoms with Crippen molar-refractivity contribution in [3.8, 4) is 16.2 Å². The van der Waals surface area contributed by atoms with Gasteiger partial charge in [-0.3, -0.25) is 0 Å². The predicted molar refractivity (Wildman–Crippen MR) is 113 cm³/mol. The normalized spacial score (nSPS) is 11.5. The highest BCUT2D eigenvalue weighted by molar-refractivity contribution is 7.89. The molecule has 2 aromatic carbocycles. The molecule has 0 atom stereocenters. The van der Waals surface area contributed by atoms with Crippen LogP contribution >= 0.6 is 11.3 Å². The molecule has 3 rings (SSSR count). The van der Waals surface area contributed by atoms with Crippen LogP contribution < -0.4 is 9.88 Å². The van der Waals surface area contributed by atoms with E-state index in [9.17, 15) is 13.2 Å². The molecule has 29 heavy (non-hydrogen) atoms. The zero-order valence-electron chi connectivity index (χ0n) is 15.4. The third-order valence-electron chi connectivity index (χ3n) is 3.82. The summed E-state index contributed by atoms with van der Waals surface area (Å²) in [4.78, 5) is 13.9. The Balaban J connectivity index is 1.43. The number of ether oxygens (including phenoxy) is 2. The SMILES string of the molecule is NS(=O)(=O)c1ccc(OCCOC(=O)C=Cc2ccc(-c3ccccc3)s2)cc1. The highest BCUT2D eigenvalue weighted by atomic mass is 32.2. The molecule has 1 aromatic heterocycles. The van der Waals surface area contributed by atoms with E-state index in [1.165, 1.54) is 30.3 Å². The summed E-state index contributed by atoms with van der Waals surface area (Å²) in [5.74, 6) is -0.0103. The molecule has 0 unspecified atom stereocenters. The molecule has 8 heteroatoms. The lowest BCUT2D eigenvalue weighted by molar-refractivity contribution is -0.138. The Hall–Kier alpha value is -2.94. The zero-order chi connectivity index (χ0) is 20.7. The van der Waals surface area contributed by atoms with Crippen LogP contribution in [0.1, 0.15) is 4.88 Å². The molecule has 0 saturated carbocycles. The van der Waals surface area contributed by atoms with Crippen molar-refractivity contribution in [1.82, 2.24) is 0 Å². The number of hydrogen-bond acceptors (Lipinski definition) is 6. The van der Waals surface area contributed by atoms with Gasteiger partial charge in [0.25, 0.3) is 0 Å². The second kappa shape index (κ2) is 9.51. The van der Waals surface area contributed by atoms with Gasteiger partial charge in [0.2, 0.25) is 10.0 Å². The molecule has 1 heterocycles. The fourth-order valence-corrected chi connectivity index (χ4v) is 3.86. The van der Waals surface area contributed by atoms with Crippen LogP contribution in [0, 0.1) is 0 Å². The van der Waals surface area contributed by atoms with E-state index in [0.717, 1.165) is 15.3 Å². The van der Waals surface area contributed by atoms with Gasteiger partial charge in [-0.2, -0.15) is 0 Å². The average molecular weight is 430 g/mol. The van der Waals surface area contributed by atoms with E-state index in [2.05, 4.69) is 0 Å². The molecule has 0 saturated heterocycles. The van der Waals surface area contributed by atoms with Crippen LogP contribution in [-0.2, 0) is 19.6 Å². The van der Waals surface area contributed by atoms with Crippen molar-refractivity contribution < 1.29 is 22.7 Å². The van der Waals surface area contributed by atoms with Gasteiger partial charge < -0.3 is 9.47 Å². The smallest absolute Gasteiger partial charge is 0.330 e. The lowest BCUT2D eigenvalue weighted by Gasteiger charge is -2.06. The number of esters is 1. The van der Waals surface area contributed by atoms with E-state index in [-0.39, 0.29) is 18.1 Å². The number of carbonyl (C=O) groups is 1. The Kier molecular flexibility index (Phi) is 6.82. The fourth-order valence-electron chi connectivity index (χ4n) is 2.43. The topological polar surface area (TPSA) is 95.7 Å². The largest absolute Gasteiger partial charge is 0.490 e. The van der Waals surface area contributed by atoms with Crippen LogP contribution in [0.2, 0.25) is 0 Å². The van der Waals surface area contributed by atoms with Crippen LogP contribution in [0.5, 0.6) is 5.75 Å². The minimum Gasteiger partial charge on any atom is -0.490 e. The Morgan fingerprint density at radius 1 is 0.966 bits per heavy atom. The summed E-state index contributed by atoms with van der Waals surface area (Å²) in [5.41, 5.74) is 1.13. The highest BCUT2D eigenvalue weighted by Crippen LogP contribution is 2.28. The van der Waals surface area contributed by atoms with Crippen LogP contribution in [0.3, 0.4) is 0 Å². The van der Waals surface area contributed by atoms with Crippen molar-refractivity contribution in [3.05, 3.63) is 77.7 Å². The molecule has 150 valence electrons. The molecule has 3 aromatic rings. The molecule has 0 fully saturated rings. The summed E-state index contributed by atoms with van der Waals surface area (Å²) >= 11 is 1.59. The Bertz CT molecular complexity index is 1090. The molecule has 0 spiro atoms. The fraction of sp³-hybridized carbons (Fsp3) is 0.0952. The standard InChI is InChI=1S/C21H19NO5S2/c22-29(24,25)19-10-6-17(7-11-19)26-14-15-27-21(23)13-9-18-8-12-20(28-18)16-4-2-1-3-5-16/h1-13H,14-15H2,(H2,22,24,25). The number of primary sulfonamides is 1. The summed E-state index contributed by atoms with van der Waals surface area (Å²) in [6, 6.07) is 19.7. The van der Waals surface area contributed by atoms with Crippen molar-refractivity contribution >= 4 is 33.4 Å². The van der Waals surface area contributed by atoms with Crippen LogP contribution in [0.4, 0.5) is 0 Å². The van der Waals surface area contributed by atoms with Gasteiger partial charge in [-0.15, -0.1) is 11.3 Å². The Morgan fingerprint density at radius 2 is 1.69 bits per heavy atom. The Labute approximate surface area is 173 Å². The zero-order valence-corrected chi connectivity index (χ0v) is 17.0. The highest BCUT2D eigenvalue weighted by Gasteiger charge is 2.07. The summed E-state index contributed by atoms with van der Waals surface area (Å²) in [5, 5.41) is 5.03. The van der Waals surface area contributed by atoms with Crippen LogP contribution in [0.15, 0.2) is 77.7 Å². The number of rotatable bonds is 8. The molecule has 0 aliphatic carbocycles. The predicted octanol–water partition coefficient (Wildman–Crippen LogP) is 3.70. The van der Waals surface area contributed by atoms with E-state index in [1.54, 1.807) is 17.4 Å². The number of thiophene rings is 1. The lowest BCUT2D eigenvalue weighted by Crippen LogP contribution is -2.12. The molecule has 6 nitrogen and oxygen atoms in total. The summed E-state index contributed by atoms with van der Waals surface area (Å²) in [6.45, 7) is 0.214. The quantitative estimate of drug-likeness (QED) is 0.335. The molecule has 0 aliphatic rings. The van der Waals surface area contributed by atoms with E-state index < -0.39 is 16.0 Å². The van der Waals surface area contributed by atoms with Crippen molar-refractivity contribution in [2.24, 2.45) is 5.14 Å². The van der Waals surface area contributed by atoms with Gasteiger partial charge in [0.05, 0.1) is 4.90 Å². The second-order valence-electron chi connectivity index (χ2n) is 5.93. The van der Waals surface area contributed by atoms with Crippen molar-refractivity contribution in [2.75, 3.05) is 13.2 Å². The van der Waals surface area contributed by atoms with Gasteiger partial charge in [-0.05, 0) is 48.0 Å². The maximum atomic E-state index is 11.8. The maximum Gasteiger partial charge on any atom is 0.330 e. The first-order chi connectivity index (χ1) is 13.9. The first-order valence-electron chi connectivity index (χ1n) is 8.67. The van der Waals surface area contributed by atoms with Crippen LogP contribution in [0.25, 0.3) is 16.5 Å². The van der Waals surface area contributed by atoms with Gasteiger partial charge in [-0.1, -0.05) is 30.3 Å².